The van der Waals surface area contributed by atoms with E-state index in [9.17, 15) is 9.59 Å². The van der Waals surface area contributed by atoms with E-state index in [0.29, 0.717) is 5.69 Å². The van der Waals surface area contributed by atoms with Crippen molar-refractivity contribution in [2.24, 2.45) is 5.73 Å². The van der Waals surface area contributed by atoms with Gasteiger partial charge in [-0.2, -0.15) is 0 Å². The zero-order chi connectivity index (χ0) is 11.4. The van der Waals surface area contributed by atoms with Gasteiger partial charge in [0.15, 0.2) is 5.76 Å². The number of aryl methyl sites for hydroxylation is 1. The van der Waals surface area contributed by atoms with Crippen LogP contribution in [-0.2, 0) is 16.0 Å². The third kappa shape index (κ3) is 2.55. The zero-order valence-corrected chi connectivity index (χ0v) is 8.57. The molecule has 82 valence electrons. The molecule has 6 heteroatoms. The molecule has 0 aliphatic rings. The average Bonchev–Trinajstić information content (AvgIpc) is 2.46. The van der Waals surface area contributed by atoms with Gasteiger partial charge >= 0.3 is 5.97 Å². The minimum atomic E-state index is -0.586. The summed E-state index contributed by atoms with van der Waals surface area (Å²) in [5, 5.41) is 3.59. The summed E-state index contributed by atoms with van der Waals surface area (Å²) in [5.74, 6) is -0.984. The fraction of sp³-hybridized carbons (Fsp3) is 0.444. The van der Waals surface area contributed by atoms with Crippen molar-refractivity contribution in [3.63, 3.8) is 0 Å². The summed E-state index contributed by atoms with van der Waals surface area (Å²) in [6, 6.07) is 0. The Morgan fingerprint density at radius 2 is 2.20 bits per heavy atom. The van der Waals surface area contributed by atoms with Gasteiger partial charge < -0.3 is 15.0 Å². The van der Waals surface area contributed by atoms with Crippen molar-refractivity contribution in [1.82, 2.24) is 5.16 Å². The van der Waals surface area contributed by atoms with Crippen LogP contribution >= 0.6 is 0 Å². The summed E-state index contributed by atoms with van der Waals surface area (Å²) >= 11 is 0. The number of nitrogens with two attached hydrogens (primary N) is 1. The highest BCUT2D eigenvalue weighted by atomic mass is 16.5. The monoisotopic (exact) mass is 212 g/mol. The normalized spacial score (nSPS) is 10.0. The van der Waals surface area contributed by atoms with Crippen LogP contribution in [0.1, 0.15) is 28.7 Å². The van der Waals surface area contributed by atoms with Crippen LogP contribution in [0.5, 0.6) is 0 Å². The van der Waals surface area contributed by atoms with Crippen molar-refractivity contribution in [3.8, 4) is 0 Å². The van der Waals surface area contributed by atoms with Gasteiger partial charge in [0.2, 0.25) is 5.91 Å². The molecule has 0 aliphatic carbocycles. The molecule has 0 spiro atoms. The number of nitrogens with zero attached hydrogens (tertiary/aromatic N) is 1. The molecule has 0 aliphatic heterocycles. The Bertz CT molecular complexity index is 383. The third-order valence-electron chi connectivity index (χ3n) is 1.75. The molecule has 15 heavy (non-hydrogen) atoms. The van der Waals surface area contributed by atoms with Crippen LogP contribution in [0.25, 0.3) is 0 Å². The largest absolute Gasteiger partial charge is 0.462 e. The quantitative estimate of drug-likeness (QED) is 0.718. The Labute approximate surface area is 86.4 Å². The molecule has 0 radical (unpaired) electrons. The Balaban J connectivity index is 2.98. The first-order chi connectivity index (χ1) is 7.06. The van der Waals surface area contributed by atoms with Crippen LogP contribution in [0, 0.1) is 6.92 Å². The Morgan fingerprint density at radius 3 is 2.73 bits per heavy atom. The molecule has 0 saturated heterocycles. The summed E-state index contributed by atoms with van der Waals surface area (Å²) in [5.41, 5.74) is 5.58. The van der Waals surface area contributed by atoms with E-state index in [0.717, 1.165) is 0 Å². The van der Waals surface area contributed by atoms with Crippen LogP contribution in [0.15, 0.2) is 4.52 Å². The molecule has 0 saturated carbocycles. The highest BCUT2D eigenvalue weighted by Gasteiger charge is 2.22. The fourth-order valence-electron chi connectivity index (χ4n) is 1.16. The summed E-state index contributed by atoms with van der Waals surface area (Å²) in [6.45, 7) is 3.54. The predicted octanol–water partition coefficient (Wildman–Crippen LogP) is 0.188. The molecule has 0 fully saturated rings. The first-order valence-electron chi connectivity index (χ1n) is 4.46. The smallest absolute Gasteiger partial charge is 0.343 e. The van der Waals surface area contributed by atoms with E-state index in [1.165, 1.54) is 0 Å². The van der Waals surface area contributed by atoms with Gasteiger partial charge in [-0.05, 0) is 13.8 Å². The standard InChI is InChI=1S/C9H12N2O4/c1-3-14-9(13)8-5(2)11-15-6(8)4-7(10)12/h3-4H2,1-2H3,(H2,10,12). The van der Waals surface area contributed by atoms with Crippen molar-refractivity contribution < 1.29 is 18.8 Å². The number of hydrogen-bond acceptors (Lipinski definition) is 5. The van der Waals surface area contributed by atoms with Crippen molar-refractivity contribution in [1.29, 1.82) is 0 Å². The van der Waals surface area contributed by atoms with Crippen LogP contribution in [0.3, 0.4) is 0 Å². The third-order valence-corrected chi connectivity index (χ3v) is 1.75. The molecule has 2 N–H and O–H groups in total. The highest BCUT2D eigenvalue weighted by Crippen LogP contribution is 2.15. The number of primary amides is 1. The average molecular weight is 212 g/mol. The maximum Gasteiger partial charge on any atom is 0.343 e. The molecule has 1 rings (SSSR count). The van der Waals surface area contributed by atoms with E-state index in [4.69, 9.17) is 15.0 Å². The number of rotatable bonds is 4. The van der Waals surface area contributed by atoms with E-state index >= 15 is 0 Å². The van der Waals surface area contributed by atoms with Crippen molar-refractivity contribution in [2.45, 2.75) is 20.3 Å². The number of ether oxygens (including phenoxy) is 1. The predicted molar refractivity (Wildman–Crippen MR) is 50.1 cm³/mol. The molecule has 6 nitrogen and oxygen atoms in total. The molecular formula is C9H12N2O4. The second-order valence-corrected chi connectivity index (χ2v) is 2.93. The molecule has 0 bridgehead atoms. The van der Waals surface area contributed by atoms with Crippen molar-refractivity contribution in [3.05, 3.63) is 17.0 Å². The van der Waals surface area contributed by atoms with Gasteiger partial charge in [0.25, 0.3) is 0 Å². The molecule has 1 amide bonds. The number of aromatic nitrogens is 1. The minimum absolute atomic E-state index is 0.151. The molecule has 0 unspecified atom stereocenters. The first-order valence-corrected chi connectivity index (χ1v) is 4.46. The molecule has 1 heterocycles. The summed E-state index contributed by atoms with van der Waals surface area (Å²) in [7, 11) is 0. The SMILES string of the molecule is CCOC(=O)c1c(C)noc1CC(N)=O. The Hall–Kier alpha value is -1.85. The second-order valence-electron chi connectivity index (χ2n) is 2.93. The lowest BCUT2D eigenvalue weighted by Crippen LogP contribution is -2.16. The molecular weight excluding hydrogens is 200 g/mol. The van der Waals surface area contributed by atoms with Crippen LogP contribution in [0.4, 0.5) is 0 Å². The van der Waals surface area contributed by atoms with Crippen LogP contribution in [0.2, 0.25) is 0 Å². The Morgan fingerprint density at radius 1 is 1.53 bits per heavy atom. The first kappa shape index (κ1) is 11.2. The number of esters is 1. The van der Waals surface area contributed by atoms with Crippen LogP contribution < -0.4 is 5.73 Å². The van der Waals surface area contributed by atoms with Gasteiger partial charge in [0.1, 0.15) is 5.56 Å². The highest BCUT2D eigenvalue weighted by molar-refractivity contribution is 5.93. The van der Waals surface area contributed by atoms with E-state index < -0.39 is 11.9 Å². The maximum absolute atomic E-state index is 11.5. The number of carbonyl (C=O) groups is 2. The van der Waals surface area contributed by atoms with E-state index in [1.807, 2.05) is 0 Å². The lowest BCUT2D eigenvalue weighted by molar-refractivity contribution is -0.117. The lowest BCUT2D eigenvalue weighted by atomic mass is 10.1. The maximum atomic E-state index is 11.5. The summed E-state index contributed by atoms with van der Waals surface area (Å²) in [6.07, 6.45) is -0.158. The minimum Gasteiger partial charge on any atom is -0.462 e. The lowest BCUT2D eigenvalue weighted by Gasteiger charge is -2.00. The van der Waals surface area contributed by atoms with Gasteiger partial charge in [-0.3, -0.25) is 4.79 Å². The molecule has 1 aromatic rings. The second kappa shape index (κ2) is 4.59. The van der Waals surface area contributed by atoms with E-state index in [2.05, 4.69) is 5.16 Å². The van der Waals surface area contributed by atoms with Crippen molar-refractivity contribution in [2.75, 3.05) is 6.61 Å². The molecule has 0 atom stereocenters. The molecule has 0 aromatic carbocycles. The van der Waals surface area contributed by atoms with Crippen LogP contribution in [-0.4, -0.2) is 23.6 Å². The van der Waals surface area contributed by atoms with Gasteiger partial charge in [0.05, 0.1) is 18.7 Å². The van der Waals surface area contributed by atoms with E-state index in [-0.39, 0.29) is 24.4 Å². The number of carbonyl (C=O) groups excluding carboxylic acids is 2. The zero-order valence-electron chi connectivity index (χ0n) is 8.57. The topological polar surface area (TPSA) is 95.4 Å². The fourth-order valence-corrected chi connectivity index (χ4v) is 1.16. The van der Waals surface area contributed by atoms with Gasteiger partial charge in [-0.1, -0.05) is 5.16 Å². The van der Waals surface area contributed by atoms with E-state index in [1.54, 1.807) is 13.8 Å². The molecule has 1 aromatic heterocycles. The van der Waals surface area contributed by atoms with Crippen molar-refractivity contribution >= 4 is 11.9 Å². The summed E-state index contributed by atoms with van der Waals surface area (Å²) < 4.78 is 9.62. The number of hydrogen-bond donors (Lipinski definition) is 1. The number of amides is 1. The van der Waals surface area contributed by atoms with Gasteiger partial charge in [-0.15, -0.1) is 0 Å². The summed E-state index contributed by atoms with van der Waals surface area (Å²) in [4.78, 5) is 22.1. The van der Waals surface area contributed by atoms with Gasteiger partial charge in [-0.25, -0.2) is 4.79 Å². The van der Waals surface area contributed by atoms with Gasteiger partial charge in [0, 0.05) is 0 Å². The Kier molecular flexibility index (Phi) is 3.43.